The Morgan fingerprint density at radius 3 is 2.38 bits per heavy atom. The Hall–Kier alpha value is -0.640. The first-order chi connectivity index (χ1) is 10.2. The SMILES string of the molecule is NNC(Cc1ccncc1Cl)C12CC3CC(CC(C3)C1)C2. The first kappa shape index (κ1) is 14.0. The van der Waals surface area contributed by atoms with Crippen LogP contribution in [-0.4, -0.2) is 11.0 Å². The van der Waals surface area contributed by atoms with E-state index in [1.165, 1.54) is 44.1 Å². The van der Waals surface area contributed by atoms with Gasteiger partial charge in [0, 0.05) is 18.4 Å². The van der Waals surface area contributed by atoms with Gasteiger partial charge in [-0.3, -0.25) is 16.3 Å². The molecule has 5 rings (SSSR count). The lowest BCUT2D eigenvalue weighted by molar-refractivity contribution is -0.0737. The minimum atomic E-state index is 0.339. The summed E-state index contributed by atoms with van der Waals surface area (Å²) in [5, 5.41) is 0.766. The van der Waals surface area contributed by atoms with Gasteiger partial charge in [-0.05, 0) is 79.7 Å². The van der Waals surface area contributed by atoms with Gasteiger partial charge in [0.05, 0.1) is 5.02 Å². The zero-order valence-corrected chi connectivity index (χ0v) is 13.1. The van der Waals surface area contributed by atoms with Crippen molar-refractivity contribution < 1.29 is 0 Å². The Balaban J connectivity index is 1.60. The molecule has 4 bridgehead atoms. The van der Waals surface area contributed by atoms with Crippen LogP contribution in [-0.2, 0) is 6.42 Å². The lowest BCUT2D eigenvalue weighted by Crippen LogP contribution is -2.58. The van der Waals surface area contributed by atoms with Crippen LogP contribution < -0.4 is 11.3 Å². The fourth-order valence-electron chi connectivity index (χ4n) is 5.85. The van der Waals surface area contributed by atoms with E-state index in [1.54, 1.807) is 6.20 Å². The van der Waals surface area contributed by atoms with Crippen molar-refractivity contribution in [3.63, 3.8) is 0 Å². The molecule has 3 nitrogen and oxygen atoms in total. The second-order valence-electron chi connectivity index (χ2n) is 7.67. The number of nitrogens with zero attached hydrogens (tertiary/aromatic N) is 1. The van der Waals surface area contributed by atoms with Gasteiger partial charge in [-0.25, -0.2) is 0 Å². The second-order valence-corrected chi connectivity index (χ2v) is 8.08. The standard InChI is InChI=1S/C17H24ClN3/c18-15-10-20-2-1-14(15)6-16(21-19)17-7-11-3-12(8-17)5-13(4-11)9-17/h1-2,10-13,16,21H,3-9,19H2. The quantitative estimate of drug-likeness (QED) is 0.663. The molecule has 0 saturated heterocycles. The third-order valence-corrected chi connectivity index (χ3v) is 6.65. The zero-order valence-electron chi connectivity index (χ0n) is 12.4. The van der Waals surface area contributed by atoms with E-state index in [9.17, 15) is 0 Å². The van der Waals surface area contributed by atoms with Crippen LogP contribution in [0, 0.1) is 23.2 Å². The monoisotopic (exact) mass is 305 g/mol. The smallest absolute Gasteiger partial charge is 0.0621 e. The largest absolute Gasteiger partial charge is 0.271 e. The molecule has 4 saturated carbocycles. The van der Waals surface area contributed by atoms with Crippen LogP contribution in [0.2, 0.25) is 5.02 Å². The Morgan fingerprint density at radius 1 is 1.24 bits per heavy atom. The fourth-order valence-corrected chi connectivity index (χ4v) is 6.04. The van der Waals surface area contributed by atoms with Crippen LogP contribution in [0.15, 0.2) is 18.5 Å². The number of hydrogen-bond donors (Lipinski definition) is 2. The number of pyridine rings is 1. The van der Waals surface area contributed by atoms with Crippen molar-refractivity contribution in [1.29, 1.82) is 0 Å². The van der Waals surface area contributed by atoms with E-state index in [-0.39, 0.29) is 0 Å². The summed E-state index contributed by atoms with van der Waals surface area (Å²) in [4.78, 5) is 4.09. The summed E-state index contributed by atoms with van der Waals surface area (Å²) in [6.07, 6.45) is 13.0. The van der Waals surface area contributed by atoms with Crippen molar-refractivity contribution in [2.24, 2.45) is 29.0 Å². The minimum absolute atomic E-state index is 0.339. The van der Waals surface area contributed by atoms with Crippen LogP contribution in [0.3, 0.4) is 0 Å². The third kappa shape index (κ3) is 2.39. The first-order valence-corrected chi connectivity index (χ1v) is 8.61. The minimum Gasteiger partial charge on any atom is -0.271 e. The number of hydrogen-bond acceptors (Lipinski definition) is 3. The molecule has 4 heteroatoms. The average molecular weight is 306 g/mol. The van der Waals surface area contributed by atoms with E-state index < -0.39 is 0 Å². The van der Waals surface area contributed by atoms with Gasteiger partial charge in [0.15, 0.2) is 0 Å². The molecule has 21 heavy (non-hydrogen) atoms. The molecule has 1 aromatic heterocycles. The Labute approximate surface area is 131 Å². The van der Waals surface area contributed by atoms with Gasteiger partial charge in [0.2, 0.25) is 0 Å². The van der Waals surface area contributed by atoms with E-state index in [4.69, 9.17) is 17.4 Å². The molecular formula is C17H24ClN3. The molecule has 4 aliphatic carbocycles. The molecule has 4 fully saturated rings. The molecule has 0 spiro atoms. The van der Waals surface area contributed by atoms with E-state index in [0.29, 0.717) is 11.5 Å². The molecule has 0 radical (unpaired) electrons. The molecule has 1 heterocycles. The highest BCUT2D eigenvalue weighted by atomic mass is 35.5. The van der Waals surface area contributed by atoms with Gasteiger partial charge in [0.1, 0.15) is 0 Å². The summed E-state index contributed by atoms with van der Waals surface area (Å²) in [5.74, 6) is 8.82. The summed E-state index contributed by atoms with van der Waals surface area (Å²) in [6.45, 7) is 0. The third-order valence-electron chi connectivity index (χ3n) is 6.31. The predicted molar refractivity (Wildman–Crippen MR) is 84.7 cm³/mol. The van der Waals surface area contributed by atoms with Gasteiger partial charge in [-0.2, -0.15) is 0 Å². The molecule has 4 aliphatic rings. The van der Waals surface area contributed by atoms with Gasteiger partial charge < -0.3 is 0 Å². The van der Waals surface area contributed by atoms with Gasteiger partial charge in [-0.1, -0.05) is 11.6 Å². The van der Waals surface area contributed by atoms with Crippen molar-refractivity contribution in [1.82, 2.24) is 10.4 Å². The van der Waals surface area contributed by atoms with E-state index >= 15 is 0 Å². The average Bonchev–Trinajstić information content (AvgIpc) is 2.44. The second kappa shape index (κ2) is 5.22. The van der Waals surface area contributed by atoms with Gasteiger partial charge in [-0.15, -0.1) is 0 Å². The number of nitrogens with one attached hydrogen (secondary N) is 1. The maximum absolute atomic E-state index is 6.30. The summed E-state index contributed by atoms with van der Waals surface area (Å²) in [7, 11) is 0. The molecule has 0 aromatic carbocycles. The zero-order chi connectivity index (χ0) is 14.4. The molecule has 1 aromatic rings. The molecule has 3 N–H and O–H groups in total. The highest BCUT2D eigenvalue weighted by Crippen LogP contribution is 2.61. The normalized spacial score (nSPS) is 38.7. The first-order valence-electron chi connectivity index (χ1n) is 8.23. The maximum Gasteiger partial charge on any atom is 0.0621 e. The number of halogens is 1. The summed E-state index contributed by atoms with van der Waals surface area (Å²) < 4.78 is 0. The van der Waals surface area contributed by atoms with Crippen LogP contribution >= 0.6 is 11.6 Å². The van der Waals surface area contributed by atoms with Crippen molar-refractivity contribution in [2.45, 2.75) is 51.0 Å². The highest BCUT2D eigenvalue weighted by molar-refractivity contribution is 6.31. The van der Waals surface area contributed by atoms with Crippen molar-refractivity contribution in [3.8, 4) is 0 Å². The number of aromatic nitrogens is 1. The molecule has 114 valence electrons. The molecule has 0 amide bonds. The Morgan fingerprint density at radius 2 is 1.86 bits per heavy atom. The molecule has 0 aliphatic heterocycles. The van der Waals surface area contributed by atoms with Crippen molar-refractivity contribution in [3.05, 3.63) is 29.0 Å². The topological polar surface area (TPSA) is 50.9 Å². The van der Waals surface area contributed by atoms with Gasteiger partial charge >= 0.3 is 0 Å². The van der Waals surface area contributed by atoms with E-state index in [1.807, 2.05) is 12.3 Å². The number of rotatable bonds is 4. The molecule has 1 unspecified atom stereocenters. The van der Waals surface area contributed by atoms with Crippen molar-refractivity contribution >= 4 is 11.6 Å². The fraction of sp³-hybridized carbons (Fsp3) is 0.706. The van der Waals surface area contributed by atoms with Crippen LogP contribution in [0.1, 0.15) is 44.1 Å². The van der Waals surface area contributed by atoms with Gasteiger partial charge in [0.25, 0.3) is 0 Å². The predicted octanol–water partition coefficient (Wildman–Crippen LogP) is 3.33. The van der Waals surface area contributed by atoms with Crippen LogP contribution in [0.4, 0.5) is 0 Å². The highest BCUT2D eigenvalue weighted by Gasteiger charge is 2.53. The Bertz CT molecular complexity index is 495. The number of nitrogens with two attached hydrogens (primary N) is 1. The number of hydrazine groups is 1. The van der Waals surface area contributed by atoms with E-state index in [2.05, 4.69) is 10.4 Å². The van der Waals surface area contributed by atoms with Crippen molar-refractivity contribution in [2.75, 3.05) is 0 Å². The van der Waals surface area contributed by atoms with Crippen LogP contribution in [0.25, 0.3) is 0 Å². The van der Waals surface area contributed by atoms with Crippen LogP contribution in [0.5, 0.6) is 0 Å². The summed E-state index contributed by atoms with van der Waals surface area (Å²) in [6, 6.07) is 2.37. The lowest BCUT2D eigenvalue weighted by atomic mass is 9.47. The lowest BCUT2D eigenvalue weighted by Gasteiger charge is -2.59. The van der Waals surface area contributed by atoms with E-state index in [0.717, 1.165) is 29.2 Å². The maximum atomic E-state index is 6.30. The molecule has 1 atom stereocenters. The summed E-state index contributed by atoms with van der Waals surface area (Å²) >= 11 is 6.30. The Kier molecular flexibility index (Phi) is 3.48. The molecular weight excluding hydrogens is 282 g/mol. The summed E-state index contributed by atoms with van der Waals surface area (Å²) in [5.41, 5.74) is 4.73.